The lowest BCUT2D eigenvalue weighted by Crippen LogP contribution is -2.15. The molecule has 2 rings (SSSR count). The fourth-order valence-electron chi connectivity index (χ4n) is 1.83. The van der Waals surface area contributed by atoms with E-state index < -0.39 is 9.84 Å². The number of benzene rings is 1. The van der Waals surface area contributed by atoms with Gasteiger partial charge in [-0.05, 0) is 13.0 Å². The molecule has 7 nitrogen and oxygen atoms in total. The minimum Gasteiger partial charge on any atom is -0.394 e. The molecule has 2 aromatic rings. The first kappa shape index (κ1) is 16.6. The smallest absolute Gasteiger partial charge is 0.242 e. The number of nitrogens with zero attached hydrogens (tertiary/aromatic N) is 2. The number of hydrogen-bond acceptors (Lipinski definition) is 7. The van der Waals surface area contributed by atoms with E-state index in [-0.39, 0.29) is 37.2 Å². The van der Waals surface area contributed by atoms with Gasteiger partial charge in [-0.25, -0.2) is 8.42 Å². The van der Waals surface area contributed by atoms with Gasteiger partial charge >= 0.3 is 0 Å². The van der Waals surface area contributed by atoms with Crippen molar-refractivity contribution in [3.8, 4) is 11.4 Å². The van der Waals surface area contributed by atoms with E-state index in [1.165, 1.54) is 0 Å². The number of aryl methyl sites for hydroxylation is 1. The predicted octanol–water partition coefficient (Wildman–Crippen LogP) is 0.969. The van der Waals surface area contributed by atoms with Crippen molar-refractivity contribution >= 4 is 9.84 Å². The standard InChI is InChI=1S/C14H18N2O5S/c1-11-3-2-4-12(9-11)14-15-13(21-16-14)10-22(18,19)8-7-20-6-5-17/h2-4,9,17H,5-8,10H2,1H3. The van der Waals surface area contributed by atoms with Crippen molar-refractivity contribution in [2.45, 2.75) is 12.7 Å². The molecule has 1 aromatic heterocycles. The van der Waals surface area contributed by atoms with E-state index in [0.29, 0.717) is 5.82 Å². The number of rotatable bonds is 8. The van der Waals surface area contributed by atoms with E-state index in [4.69, 9.17) is 14.4 Å². The monoisotopic (exact) mass is 326 g/mol. The molecule has 0 saturated carbocycles. The maximum atomic E-state index is 11.9. The van der Waals surface area contributed by atoms with Crippen molar-refractivity contribution in [1.29, 1.82) is 0 Å². The number of hydrogen-bond donors (Lipinski definition) is 1. The summed E-state index contributed by atoms with van der Waals surface area (Å²) in [6, 6.07) is 7.54. The van der Waals surface area contributed by atoms with Crippen LogP contribution in [0.2, 0.25) is 0 Å². The van der Waals surface area contributed by atoms with E-state index in [2.05, 4.69) is 10.1 Å². The van der Waals surface area contributed by atoms with E-state index in [9.17, 15) is 8.42 Å². The Hall–Kier alpha value is -1.77. The fraction of sp³-hybridized carbons (Fsp3) is 0.429. The first-order chi connectivity index (χ1) is 10.5. The number of ether oxygens (including phenoxy) is 1. The molecule has 0 aliphatic rings. The van der Waals surface area contributed by atoms with E-state index in [0.717, 1.165) is 11.1 Å². The molecule has 0 radical (unpaired) electrons. The highest BCUT2D eigenvalue weighted by Crippen LogP contribution is 2.17. The largest absolute Gasteiger partial charge is 0.394 e. The Labute approximate surface area is 128 Å². The minimum atomic E-state index is -3.39. The zero-order valence-corrected chi connectivity index (χ0v) is 13.0. The molecule has 1 heterocycles. The van der Waals surface area contributed by atoms with Crippen LogP contribution in [-0.2, 0) is 20.3 Å². The summed E-state index contributed by atoms with van der Waals surface area (Å²) in [4.78, 5) is 4.11. The number of sulfone groups is 1. The van der Waals surface area contributed by atoms with Crippen LogP contribution in [0.4, 0.5) is 0 Å². The number of aliphatic hydroxyl groups is 1. The van der Waals surface area contributed by atoms with E-state index in [1.54, 1.807) is 0 Å². The average Bonchev–Trinajstić information content (AvgIpc) is 2.91. The third-order valence-corrected chi connectivity index (χ3v) is 4.34. The molecular formula is C14H18N2O5S. The topological polar surface area (TPSA) is 103 Å². The van der Waals surface area contributed by atoms with Crippen LogP contribution in [-0.4, -0.2) is 49.2 Å². The van der Waals surface area contributed by atoms with Gasteiger partial charge in [0.15, 0.2) is 9.84 Å². The molecule has 0 atom stereocenters. The summed E-state index contributed by atoms with van der Waals surface area (Å²) in [5, 5.41) is 12.4. The normalized spacial score (nSPS) is 11.7. The first-order valence-corrected chi connectivity index (χ1v) is 8.61. The number of aliphatic hydroxyl groups excluding tert-OH is 1. The Morgan fingerprint density at radius 2 is 2.14 bits per heavy atom. The predicted molar refractivity (Wildman–Crippen MR) is 79.9 cm³/mol. The second-order valence-corrected chi connectivity index (χ2v) is 6.99. The van der Waals surface area contributed by atoms with Crippen LogP contribution in [0.5, 0.6) is 0 Å². The zero-order valence-electron chi connectivity index (χ0n) is 12.2. The molecule has 120 valence electrons. The highest BCUT2D eigenvalue weighted by Gasteiger charge is 2.18. The third kappa shape index (κ3) is 4.90. The van der Waals surface area contributed by atoms with Gasteiger partial charge < -0.3 is 14.4 Å². The van der Waals surface area contributed by atoms with Crippen LogP contribution >= 0.6 is 0 Å². The van der Waals surface area contributed by atoms with Gasteiger partial charge in [0, 0.05) is 5.56 Å². The lowest BCUT2D eigenvalue weighted by atomic mass is 10.1. The van der Waals surface area contributed by atoms with Crippen LogP contribution in [0.15, 0.2) is 28.8 Å². The molecule has 0 unspecified atom stereocenters. The molecule has 0 aliphatic heterocycles. The van der Waals surface area contributed by atoms with Gasteiger partial charge in [0.1, 0.15) is 5.75 Å². The van der Waals surface area contributed by atoms with E-state index >= 15 is 0 Å². The van der Waals surface area contributed by atoms with Crippen molar-refractivity contribution < 1.29 is 22.8 Å². The van der Waals surface area contributed by atoms with Crippen LogP contribution in [0.25, 0.3) is 11.4 Å². The Kier molecular flexibility index (Phi) is 5.64. The van der Waals surface area contributed by atoms with Gasteiger partial charge in [-0.2, -0.15) is 4.98 Å². The highest BCUT2D eigenvalue weighted by atomic mass is 32.2. The summed E-state index contributed by atoms with van der Waals surface area (Å²) in [5.74, 6) is -0.0622. The molecule has 1 aromatic carbocycles. The van der Waals surface area contributed by atoms with Crippen molar-refractivity contribution in [2.75, 3.05) is 25.6 Å². The van der Waals surface area contributed by atoms with Crippen LogP contribution < -0.4 is 0 Å². The van der Waals surface area contributed by atoms with Gasteiger partial charge in [0.05, 0.1) is 25.6 Å². The average molecular weight is 326 g/mol. The molecule has 22 heavy (non-hydrogen) atoms. The molecule has 0 spiro atoms. The van der Waals surface area contributed by atoms with Gasteiger partial charge in [0.2, 0.25) is 11.7 Å². The molecule has 0 fully saturated rings. The molecule has 8 heteroatoms. The first-order valence-electron chi connectivity index (χ1n) is 6.79. The molecule has 0 amide bonds. The van der Waals surface area contributed by atoms with Crippen molar-refractivity contribution in [3.05, 3.63) is 35.7 Å². The van der Waals surface area contributed by atoms with Crippen LogP contribution in [0.1, 0.15) is 11.5 Å². The maximum absolute atomic E-state index is 11.9. The van der Waals surface area contributed by atoms with Crippen molar-refractivity contribution in [1.82, 2.24) is 10.1 Å². The zero-order chi connectivity index (χ0) is 16.0. The number of aromatic nitrogens is 2. The second-order valence-electron chi connectivity index (χ2n) is 4.81. The highest BCUT2D eigenvalue weighted by molar-refractivity contribution is 7.90. The summed E-state index contributed by atoms with van der Waals surface area (Å²) >= 11 is 0. The molecule has 0 bridgehead atoms. The summed E-state index contributed by atoms with van der Waals surface area (Å²) in [6.07, 6.45) is 0. The van der Waals surface area contributed by atoms with Gasteiger partial charge in [-0.3, -0.25) is 0 Å². The second kappa shape index (κ2) is 7.48. The lowest BCUT2D eigenvalue weighted by Gasteiger charge is -2.02. The summed E-state index contributed by atoms with van der Waals surface area (Å²) < 4.78 is 33.7. The fourth-order valence-corrected chi connectivity index (χ4v) is 2.84. The molecular weight excluding hydrogens is 308 g/mol. The molecule has 0 aliphatic carbocycles. The third-order valence-electron chi connectivity index (χ3n) is 2.86. The Balaban J connectivity index is 1.99. The summed E-state index contributed by atoms with van der Waals surface area (Å²) in [6.45, 7) is 1.96. The molecule has 1 N–H and O–H groups in total. The quantitative estimate of drug-likeness (QED) is 0.721. The summed E-state index contributed by atoms with van der Waals surface area (Å²) in [5.41, 5.74) is 1.83. The van der Waals surface area contributed by atoms with Crippen molar-refractivity contribution in [3.63, 3.8) is 0 Å². The Morgan fingerprint density at radius 1 is 1.32 bits per heavy atom. The molecule has 0 saturated heterocycles. The Morgan fingerprint density at radius 3 is 2.86 bits per heavy atom. The maximum Gasteiger partial charge on any atom is 0.242 e. The SMILES string of the molecule is Cc1cccc(-c2noc(CS(=O)(=O)CCOCCO)n2)c1. The Bertz CT molecular complexity index is 712. The minimum absolute atomic E-state index is 0.0295. The van der Waals surface area contributed by atoms with E-state index in [1.807, 2.05) is 31.2 Å². The van der Waals surface area contributed by atoms with Crippen LogP contribution in [0, 0.1) is 6.92 Å². The van der Waals surface area contributed by atoms with Gasteiger partial charge in [-0.15, -0.1) is 0 Å². The van der Waals surface area contributed by atoms with Crippen LogP contribution in [0.3, 0.4) is 0 Å². The van der Waals surface area contributed by atoms with Gasteiger partial charge in [0.25, 0.3) is 0 Å². The van der Waals surface area contributed by atoms with Gasteiger partial charge in [-0.1, -0.05) is 28.9 Å². The summed E-state index contributed by atoms with van der Waals surface area (Å²) in [7, 11) is -3.39. The lowest BCUT2D eigenvalue weighted by molar-refractivity contribution is 0.103. The van der Waals surface area contributed by atoms with Crippen molar-refractivity contribution in [2.24, 2.45) is 0 Å².